The van der Waals surface area contributed by atoms with Crippen LogP contribution >= 0.6 is 0 Å². The number of hydrazone groups is 1. The van der Waals surface area contributed by atoms with E-state index in [0.717, 1.165) is 6.42 Å². The monoisotopic (exact) mass is 308 g/mol. The maximum Gasteiger partial charge on any atom is 0.331 e. The third-order valence-electron chi connectivity index (χ3n) is 3.06. The highest BCUT2D eigenvalue weighted by Crippen LogP contribution is 2.32. The van der Waals surface area contributed by atoms with Crippen LogP contribution in [0.3, 0.4) is 0 Å². The van der Waals surface area contributed by atoms with Crippen LogP contribution in [0.2, 0.25) is 0 Å². The van der Waals surface area contributed by atoms with Crippen LogP contribution in [-0.4, -0.2) is 34.4 Å². The molecule has 0 amide bonds. The van der Waals surface area contributed by atoms with Crippen LogP contribution in [0.1, 0.15) is 20.3 Å². The van der Waals surface area contributed by atoms with Gasteiger partial charge in [-0.1, -0.05) is 6.92 Å². The summed E-state index contributed by atoms with van der Waals surface area (Å²) in [5.41, 5.74) is 1.45. The van der Waals surface area contributed by atoms with Crippen molar-refractivity contribution in [1.29, 1.82) is 0 Å². The zero-order chi connectivity index (χ0) is 16.3. The molecule has 1 heterocycles. The molecule has 22 heavy (non-hydrogen) atoms. The number of hydrogen-bond donors (Lipinski definition) is 2. The number of benzene rings is 1. The third-order valence-corrected chi connectivity index (χ3v) is 3.06. The van der Waals surface area contributed by atoms with Gasteiger partial charge in [-0.25, -0.2) is 4.79 Å². The van der Waals surface area contributed by atoms with Gasteiger partial charge >= 0.3 is 11.7 Å². The van der Waals surface area contributed by atoms with E-state index in [1.807, 2.05) is 6.92 Å². The molecule has 2 rings (SSSR count). The Bertz CT molecular complexity index is 633. The van der Waals surface area contributed by atoms with Crippen molar-refractivity contribution in [3.63, 3.8) is 0 Å². The van der Waals surface area contributed by atoms with Crippen molar-refractivity contribution in [2.24, 2.45) is 5.10 Å². The molecular weight excluding hydrogens is 292 g/mol. The van der Waals surface area contributed by atoms with Crippen molar-refractivity contribution in [1.82, 2.24) is 5.43 Å². The molecular formula is C13H16N4O5. The predicted octanol–water partition coefficient (Wildman–Crippen LogP) is 1.54. The van der Waals surface area contributed by atoms with Gasteiger partial charge in [-0.05, 0) is 25.5 Å². The van der Waals surface area contributed by atoms with E-state index < -0.39 is 16.4 Å². The number of nitro benzene ring substituents is 1. The molecule has 1 aromatic rings. The van der Waals surface area contributed by atoms with Crippen molar-refractivity contribution in [2.45, 2.75) is 25.8 Å². The smallest absolute Gasteiger partial charge is 0.331 e. The molecule has 1 atom stereocenters. The summed E-state index contributed by atoms with van der Waals surface area (Å²) >= 11 is 0. The standard InChI is InChI=1S/C13H16N4O5/c1-3-6-22-11-5-4-9(7-10(11)17(20)21)16-14-8-13(2,15-16)12(18)19/h4-5,7-8,15H,3,6H2,1-2H3,(H,18,19). The Morgan fingerprint density at radius 3 is 2.86 bits per heavy atom. The second-order valence-corrected chi connectivity index (χ2v) is 4.93. The zero-order valence-electron chi connectivity index (χ0n) is 12.1. The van der Waals surface area contributed by atoms with E-state index in [9.17, 15) is 14.9 Å². The molecule has 0 spiro atoms. The molecule has 9 nitrogen and oxygen atoms in total. The highest BCUT2D eigenvalue weighted by atomic mass is 16.6. The maximum atomic E-state index is 11.1. The molecule has 0 saturated heterocycles. The lowest BCUT2D eigenvalue weighted by Crippen LogP contribution is -2.51. The van der Waals surface area contributed by atoms with Crippen LogP contribution in [0.25, 0.3) is 0 Å². The minimum Gasteiger partial charge on any atom is -0.487 e. The average molecular weight is 308 g/mol. The summed E-state index contributed by atoms with van der Waals surface area (Å²) in [6.45, 7) is 3.71. The highest BCUT2D eigenvalue weighted by Gasteiger charge is 2.38. The Kier molecular flexibility index (Phi) is 4.27. The van der Waals surface area contributed by atoms with Gasteiger partial charge in [0.05, 0.1) is 23.4 Å². The van der Waals surface area contributed by atoms with Crippen LogP contribution < -0.4 is 15.3 Å². The number of carbonyl (C=O) groups is 1. The second-order valence-electron chi connectivity index (χ2n) is 4.93. The van der Waals surface area contributed by atoms with E-state index in [0.29, 0.717) is 12.3 Å². The van der Waals surface area contributed by atoms with Crippen molar-refractivity contribution < 1.29 is 19.6 Å². The quantitative estimate of drug-likeness (QED) is 0.604. The summed E-state index contributed by atoms with van der Waals surface area (Å²) in [7, 11) is 0. The van der Waals surface area contributed by atoms with Gasteiger partial charge in [0, 0.05) is 6.07 Å². The van der Waals surface area contributed by atoms with Gasteiger partial charge in [0.15, 0.2) is 11.3 Å². The third kappa shape index (κ3) is 2.98. The predicted molar refractivity (Wildman–Crippen MR) is 79.0 cm³/mol. The minimum atomic E-state index is -1.35. The molecule has 0 aliphatic carbocycles. The molecule has 0 aromatic heterocycles. The van der Waals surface area contributed by atoms with Gasteiger partial charge in [-0.3, -0.25) is 10.1 Å². The fourth-order valence-corrected chi connectivity index (χ4v) is 1.80. The van der Waals surface area contributed by atoms with Crippen molar-refractivity contribution in [3.8, 4) is 5.75 Å². The van der Waals surface area contributed by atoms with Gasteiger partial charge in [0.25, 0.3) is 0 Å². The van der Waals surface area contributed by atoms with Gasteiger partial charge in [0.1, 0.15) is 0 Å². The number of anilines is 1. The zero-order valence-corrected chi connectivity index (χ0v) is 12.1. The van der Waals surface area contributed by atoms with E-state index in [1.54, 1.807) is 6.07 Å². The van der Waals surface area contributed by atoms with Gasteiger partial charge in [0.2, 0.25) is 0 Å². The number of aliphatic carboxylic acids is 1. The molecule has 2 N–H and O–H groups in total. The van der Waals surface area contributed by atoms with Crippen molar-refractivity contribution >= 4 is 23.6 Å². The van der Waals surface area contributed by atoms with E-state index in [4.69, 9.17) is 9.84 Å². The number of ether oxygens (including phenoxy) is 1. The molecule has 0 bridgehead atoms. The lowest BCUT2D eigenvalue weighted by atomic mass is 10.1. The number of hydrazine groups is 1. The minimum absolute atomic E-state index is 0.166. The van der Waals surface area contributed by atoms with Crippen LogP contribution in [0.15, 0.2) is 23.3 Å². The molecule has 1 aliphatic heterocycles. The Morgan fingerprint density at radius 2 is 2.32 bits per heavy atom. The summed E-state index contributed by atoms with van der Waals surface area (Å²) in [5, 5.41) is 25.4. The van der Waals surface area contributed by atoms with E-state index in [2.05, 4.69) is 10.5 Å². The molecule has 9 heteroatoms. The van der Waals surface area contributed by atoms with Crippen LogP contribution in [0, 0.1) is 10.1 Å². The Morgan fingerprint density at radius 1 is 1.59 bits per heavy atom. The van der Waals surface area contributed by atoms with E-state index in [1.165, 1.54) is 30.4 Å². The highest BCUT2D eigenvalue weighted by molar-refractivity contribution is 6.00. The Labute approximate surface area is 126 Å². The first-order chi connectivity index (χ1) is 10.4. The fourth-order valence-electron chi connectivity index (χ4n) is 1.80. The fraction of sp³-hybridized carbons (Fsp3) is 0.385. The van der Waals surface area contributed by atoms with Crippen molar-refractivity contribution in [3.05, 3.63) is 28.3 Å². The Balaban J connectivity index is 2.27. The van der Waals surface area contributed by atoms with Gasteiger partial charge in [-0.2, -0.15) is 15.6 Å². The first-order valence-electron chi connectivity index (χ1n) is 6.65. The van der Waals surface area contributed by atoms with Gasteiger partial charge < -0.3 is 9.84 Å². The molecule has 0 saturated carbocycles. The number of nitro groups is 1. The van der Waals surface area contributed by atoms with Crippen LogP contribution in [0.4, 0.5) is 11.4 Å². The van der Waals surface area contributed by atoms with Crippen LogP contribution in [-0.2, 0) is 4.79 Å². The summed E-state index contributed by atoms with van der Waals surface area (Å²) in [4.78, 5) is 21.7. The SMILES string of the molecule is CCCOc1ccc(N2N=CC(C)(C(=O)O)N2)cc1[N+](=O)[O-]. The number of nitrogens with one attached hydrogen (secondary N) is 1. The normalized spacial score (nSPS) is 20.2. The number of rotatable bonds is 6. The van der Waals surface area contributed by atoms with Crippen molar-refractivity contribution in [2.75, 3.05) is 11.7 Å². The number of hydrogen-bond acceptors (Lipinski definition) is 7. The average Bonchev–Trinajstić information content (AvgIpc) is 2.89. The molecule has 1 aliphatic rings. The summed E-state index contributed by atoms with van der Waals surface area (Å²) < 4.78 is 5.33. The largest absolute Gasteiger partial charge is 0.487 e. The molecule has 0 radical (unpaired) electrons. The van der Waals surface area contributed by atoms with E-state index in [-0.39, 0.29) is 11.4 Å². The van der Waals surface area contributed by atoms with Crippen LogP contribution in [0.5, 0.6) is 5.75 Å². The Hall–Kier alpha value is -2.68. The lowest BCUT2D eigenvalue weighted by molar-refractivity contribution is -0.385. The first-order valence-corrected chi connectivity index (χ1v) is 6.65. The molecule has 0 fully saturated rings. The lowest BCUT2D eigenvalue weighted by Gasteiger charge is -2.21. The number of carboxylic acids is 1. The molecule has 118 valence electrons. The second kappa shape index (κ2) is 5.98. The number of nitrogens with zero attached hydrogens (tertiary/aromatic N) is 3. The molecule has 1 unspecified atom stereocenters. The summed E-state index contributed by atoms with van der Waals surface area (Å²) in [5.74, 6) is -0.934. The molecule has 1 aromatic carbocycles. The number of carboxylic acid groups (broad SMARTS) is 1. The van der Waals surface area contributed by atoms with E-state index >= 15 is 0 Å². The summed E-state index contributed by atoms with van der Waals surface area (Å²) in [6.07, 6.45) is 1.95. The maximum absolute atomic E-state index is 11.1. The topological polar surface area (TPSA) is 117 Å². The first kappa shape index (κ1) is 15.7. The summed E-state index contributed by atoms with van der Waals surface area (Å²) in [6, 6.07) is 4.32. The van der Waals surface area contributed by atoms with Gasteiger partial charge in [-0.15, -0.1) is 0 Å².